The van der Waals surface area contributed by atoms with E-state index in [9.17, 15) is 14.9 Å². The Morgan fingerprint density at radius 1 is 1.08 bits per heavy atom. The lowest BCUT2D eigenvalue weighted by molar-refractivity contribution is 0.288. The highest BCUT2D eigenvalue weighted by molar-refractivity contribution is 7.98. The largest absolute Gasteiger partial charge is 0.441 e. The molecule has 7 nitrogen and oxygen atoms in total. The first-order valence-electron chi connectivity index (χ1n) is 11.2. The standard InChI is InChI=1S/C27H21ClFN5O2S/c1-15-23(33-26(36-15)18-8-9-21(28)22(29)11-18)14-37-27-20(13-31)24(19(12-30)25(32)34-27)17-6-4-16(5-7-17)3-2-10-35/h4-9,11,35H,2-3,10,14H2,1H3,(H2,32,34). The third-order valence-corrected chi connectivity index (χ3v) is 6.98. The zero-order valence-electron chi connectivity index (χ0n) is 19.8. The maximum Gasteiger partial charge on any atom is 0.226 e. The molecule has 0 amide bonds. The number of pyridine rings is 1. The molecule has 0 bridgehead atoms. The van der Waals surface area contributed by atoms with Gasteiger partial charge in [0.1, 0.15) is 40.1 Å². The summed E-state index contributed by atoms with van der Waals surface area (Å²) in [7, 11) is 0. The lowest BCUT2D eigenvalue weighted by Crippen LogP contribution is -2.03. The smallest absolute Gasteiger partial charge is 0.226 e. The van der Waals surface area contributed by atoms with Crippen LogP contribution in [0.3, 0.4) is 0 Å². The minimum atomic E-state index is -0.573. The Morgan fingerprint density at radius 3 is 2.43 bits per heavy atom. The van der Waals surface area contributed by atoms with Gasteiger partial charge in [0, 0.05) is 23.5 Å². The Labute approximate surface area is 222 Å². The Balaban J connectivity index is 1.66. The minimum Gasteiger partial charge on any atom is -0.441 e. The fraction of sp³-hybridized carbons (Fsp3) is 0.185. The van der Waals surface area contributed by atoms with Crippen LogP contribution in [0, 0.1) is 35.4 Å². The van der Waals surface area contributed by atoms with Gasteiger partial charge in [0.05, 0.1) is 16.3 Å². The second-order valence-electron chi connectivity index (χ2n) is 8.11. The zero-order valence-corrected chi connectivity index (χ0v) is 21.3. The molecule has 10 heteroatoms. The van der Waals surface area contributed by atoms with Crippen LogP contribution < -0.4 is 5.73 Å². The highest BCUT2D eigenvalue weighted by Gasteiger charge is 2.22. The number of nitrogens with zero attached hydrogens (tertiary/aromatic N) is 4. The molecule has 0 aliphatic rings. The number of aromatic nitrogens is 2. The van der Waals surface area contributed by atoms with Gasteiger partial charge in [-0.2, -0.15) is 10.5 Å². The number of nitrogen functional groups attached to an aromatic ring is 1. The Morgan fingerprint density at radius 2 is 1.78 bits per heavy atom. The molecular weight excluding hydrogens is 513 g/mol. The third kappa shape index (κ3) is 5.60. The number of benzene rings is 2. The lowest BCUT2D eigenvalue weighted by Gasteiger charge is -2.13. The molecule has 0 saturated heterocycles. The highest BCUT2D eigenvalue weighted by Crippen LogP contribution is 2.37. The fourth-order valence-corrected chi connectivity index (χ4v) is 4.88. The summed E-state index contributed by atoms with van der Waals surface area (Å²) in [5, 5.41) is 29.2. The minimum absolute atomic E-state index is 0.00641. The maximum absolute atomic E-state index is 13.9. The van der Waals surface area contributed by atoms with Crippen LogP contribution in [0.1, 0.15) is 34.6 Å². The summed E-state index contributed by atoms with van der Waals surface area (Å²) in [5.41, 5.74) is 9.66. The van der Waals surface area contributed by atoms with Crippen molar-refractivity contribution in [1.82, 2.24) is 9.97 Å². The van der Waals surface area contributed by atoms with Gasteiger partial charge in [-0.25, -0.2) is 14.4 Å². The average molecular weight is 534 g/mol. The number of nitrogens with two attached hydrogens (primary N) is 1. The second kappa shape index (κ2) is 11.4. The van der Waals surface area contributed by atoms with Gasteiger partial charge in [-0.05, 0) is 49.1 Å². The number of halogens is 2. The maximum atomic E-state index is 13.9. The molecule has 0 fully saturated rings. The SMILES string of the molecule is Cc1oc(-c2ccc(Cl)c(F)c2)nc1CSc1nc(N)c(C#N)c(-c2ccc(CCCO)cc2)c1C#N. The first kappa shape index (κ1) is 26.2. The Bertz CT molecular complexity index is 1540. The molecule has 0 unspecified atom stereocenters. The number of anilines is 1. The van der Waals surface area contributed by atoms with Crippen LogP contribution in [0.5, 0.6) is 0 Å². The normalized spacial score (nSPS) is 10.8. The van der Waals surface area contributed by atoms with Crippen molar-refractivity contribution < 1.29 is 13.9 Å². The molecule has 0 atom stereocenters. The van der Waals surface area contributed by atoms with Crippen molar-refractivity contribution in [3.05, 3.63) is 81.4 Å². The van der Waals surface area contributed by atoms with Crippen molar-refractivity contribution in [3.63, 3.8) is 0 Å². The van der Waals surface area contributed by atoms with Crippen LogP contribution in [-0.4, -0.2) is 21.7 Å². The quantitative estimate of drug-likeness (QED) is 0.261. The molecule has 0 radical (unpaired) electrons. The van der Waals surface area contributed by atoms with Crippen LogP contribution in [0.25, 0.3) is 22.6 Å². The van der Waals surface area contributed by atoms with Gasteiger partial charge in [-0.15, -0.1) is 0 Å². The van der Waals surface area contributed by atoms with Gasteiger partial charge in [-0.3, -0.25) is 0 Å². The number of hydrogen-bond donors (Lipinski definition) is 2. The summed E-state index contributed by atoms with van der Waals surface area (Å²) < 4.78 is 19.6. The first-order valence-corrected chi connectivity index (χ1v) is 12.6. The number of nitriles is 2. The number of aryl methyl sites for hydroxylation is 2. The van der Waals surface area contributed by atoms with Crippen LogP contribution in [-0.2, 0) is 12.2 Å². The summed E-state index contributed by atoms with van der Waals surface area (Å²) in [6, 6.07) is 16.0. The molecule has 3 N–H and O–H groups in total. The van der Waals surface area contributed by atoms with Crippen LogP contribution in [0.2, 0.25) is 5.02 Å². The number of hydrogen-bond acceptors (Lipinski definition) is 8. The van der Waals surface area contributed by atoms with Crippen molar-refractivity contribution in [2.24, 2.45) is 0 Å². The van der Waals surface area contributed by atoms with Gasteiger partial charge >= 0.3 is 0 Å². The molecule has 4 rings (SSSR count). The monoisotopic (exact) mass is 533 g/mol. The van der Waals surface area contributed by atoms with E-state index in [1.807, 2.05) is 24.3 Å². The summed E-state index contributed by atoms with van der Waals surface area (Å²) in [4.78, 5) is 8.82. The van der Waals surface area contributed by atoms with E-state index in [4.69, 9.17) is 26.9 Å². The van der Waals surface area contributed by atoms with E-state index < -0.39 is 5.82 Å². The fourth-order valence-electron chi connectivity index (χ4n) is 3.76. The summed E-state index contributed by atoms with van der Waals surface area (Å²) in [5.74, 6) is 0.543. The predicted octanol–water partition coefficient (Wildman–Crippen LogP) is 6.05. The molecular formula is C27H21ClFN5O2S. The number of aliphatic hydroxyl groups excluding tert-OH is 1. The van der Waals surface area contributed by atoms with Gasteiger partial charge in [0.2, 0.25) is 5.89 Å². The van der Waals surface area contributed by atoms with Gasteiger partial charge in [0.15, 0.2) is 0 Å². The van der Waals surface area contributed by atoms with Crippen LogP contribution >= 0.6 is 23.4 Å². The van der Waals surface area contributed by atoms with E-state index in [2.05, 4.69) is 22.1 Å². The third-order valence-electron chi connectivity index (χ3n) is 5.69. The van der Waals surface area contributed by atoms with E-state index in [0.717, 1.165) is 5.56 Å². The Kier molecular flexibility index (Phi) is 8.10. The highest BCUT2D eigenvalue weighted by atomic mass is 35.5. The number of rotatable bonds is 8. The van der Waals surface area contributed by atoms with Crippen molar-refractivity contribution in [2.45, 2.75) is 30.5 Å². The van der Waals surface area contributed by atoms with E-state index in [1.165, 1.54) is 23.9 Å². The van der Waals surface area contributed by atoms with Gasteiger partial charge in [-0.1, -0.05) is 47.6 Å². The van der Waals surface area contributed by atoms with E-state index >= 15 is 0 Å². The van der Waals surface area contributed by atoms with E-state index in [1.54, 1.807) is 13.0 Å². The number of oxazole rings is 1. The topological polar surface area (TPSA) is 133 Å². The molecule has 2 aromatic carbocycles. The van der Waals surface area contributed by atoms with Crippen molar-refractivity contribution >= 4 is 29.2 Å². The number of thioether (sulfide) groups is 1. The van der Waals surface area contributed by atoms with E-state index in [0.29, 0.717) is 51.8 Å². The van der Waals surface area contributed by atoms with Crippen LogP contribution in [0.15, 0.2) is 51.9 Å². The van der Waals surface area contributed by atoms with Crippen molar-refractivity contribution in [3.8, 4) is 34.7 Å². The summed E-state index contributed by atoms with van der Waals surface area (Å²) in [6.45, 7) is 1.84. The zero-order chi connectivity index (χ0) is 26.5. The summed E-state index contributed by atoms with van der Waals surface area (Å²) >= 11 is 7.01. The molecule has 37 heavy (non-hydrogen) atoms. The molecule has 0 spiro atoms. The molecule has 2 aromatic heterocycles. The van der Waals surface area contributed by atoms with Crippen molar-refractivity contribution in [2.75, 3.05) is 12.3 Å². The Hall–Kier alpha value is -3.89. The first-order chi connectivity index (χ1) is 17.9. The second-order valence-corrected chi connectivity index (χ2v) is 9.49. The molecule has 0 saturated carbocycles. The molecule has 0 aliphatic heterocycles. The molecule has 4 aromatic rings. The van der Waals surface area contributed by atoms with Gasteiger partial charge in [0.25, 0.3) is 0 Å². The predicted molar refractivity (Wildman–Crippen MR) is 140 cm³/mol. The van der Waals surface area contributed by atoms with Crippen LogP contribution in [0.4, 0.5) is 10.2 Å². The van der Waals surface area contributed by atoms with Gasteiger partial charge < -0.3 is 15.3 Å². The molecule has 2 heterocycles. The lowest BCUT2D eigenvalue weighted by atomic mass is 9.95. The summed E-state index contributed by atoms with van der Waals surface area (Å²) in [6.07, 6.45) is 1.36. The van der Waals surface area contributed by atoms with Crippen molar-refractivity contribution in [1.29, 1.82) is 10.5 Å². The average Bonchev–Trinajstić information content (AvgIpc) is 3.27. The molecule has 0 aliphatic carbocycles. The number of aliphatic hydroxyl groups is 1. The van der Waals surface area contributed by atoms with E-state index in [-0.39, 0.29) is 34.5 Å². The molecule has 186 valence electrons.